The molecule has 4 nitrogen and oxygen atoms in total. The van der Waals surface area contributed by atoms with Gasteiger partial charge in [-0.15, -0.1) is 0 Å². The molecular formula is C13H8BrNO3. The molecule has 0 bridgehead atoms. The molecule has 0 saturated heterocycles. The number of hydrogen-bond donors (Lipinski definition) is 0. The third-order valence-corrected chi connectivity index (χ3v) is 2.85. The van der Waals surface area contributed by atoms with Crippen molar-refractivity contribution in [1.29, 1.82) is 0 Å². The Kier molecular flexibility index (Phi) is 3.53. The maximum Gasteiger partial charge on any atom is 0.271 e. The summed E-state index contributed by atoms with van der Waals surface area (Å²) in [6.07, 6.45) is 0. The Balaban J connectivity index is 2.46. The zero-order valence-electron chi connectivity index (χ0n) is 9.17. The lowest BCUT2D eigenvalue weighted by atomic mass is 10.0. The van der Waals surface area contributed by atoms with Crippen molar-refractivity contribution in [3.8, 4) is 0 Å². The number of nitro benzene ring substituents is 1. The lowest BCUT2D eigenvalue weighted by molar-refractivity contribution is -0.384. The van der Waals surface area contributed by atoms with Gasteiger partial charge < -0.3 is 0 Å². The number of rotatable bonds is 3. The summed E-state index contributed by atoms with van der Waals surface area (Å²) in [5, 5.41) is 10.7. The number of carbonyl (C=O) groups is 1. The summed E-state index contributed by atoms with van der Waals surface area (Å²) in [6, 6.07) is 12.9. The fourth-order valence-corrected chi connectivity index (χ4v) is 2.05. The van der Waals surface area contributed by atoms with Gasteiger partial charge in [0, 0.05) is 27.7 Å². The number of nitrogens with zero attached hydrogens (tertiary/aromatic N) is 1. The van der Waals surface area contributed by atoms with Crippen LogP contribution in [0.1, 0.15) is 15.9 Å². The Morgan fingerprint density at radius 1 is 1.06 bits per heavy atom. The third kappa shape index (κ3) is 2.62. The summed E-state index contributed by atoms with van der Waals surface area (Å²) in [6.45, 7) is 0. The number of carbonyl (C=O) groups excluding carboxylic acids is 1. The molecule has 2 aromatic rings. The van der Waals surface area contributed by atoms with E-state index in [1.165, 1.54) is 12.1 Å². The maximum absolute atomic E-state index is 12.1. The summed E-state index contributed by atoms with van der Waals surface area (Å²) in [5.74, 6) is -0.236. The first kappa shape index (κ1) is 12.4. The van der Waals surface area contributed by atoms with Crippen molar-refractivity contribution in [2.24, 2.45) is 0 Å². The average Bonchev–Trinajstić information content (AvgIpc) is 2.38. The number of non-ortho nitro benzene ring substituents is 1. The van der Waals surface area contributed by atoms with Crippen LogP contribution < -0.4 is 0 Å². The molecule has 0 spiro atoms. The minimum atomic E-state index is -0.521. The van der Waals surface area contributed by atoms with Crippen molar-refractivity contribution in [2.75, 3.05) is 0 Å². The first-order valence-electron chi connectivity index (χ1n) is 5.12. The molecule has 2 aromatic carbocycles. The van der Waals surface area contributed by atoms with Gasteiger partial charge in [-0.3, -0.25) is 14.9 Å². The van der Waals surface area contributed by atoms with Crippen LogP contribution in [0.5, 0.6) is 0 Å². The molecule has 0 radical (unpaired) electrons. The summed E-state index contributed by atoms with van der Waals surface area (Å²) in [7, 11) is 0. The monoisotopic (exact) mass is 305 g/mol. The highest BCUT2D eigenvalue weighted by atomic mass is 79.9. The van der Waals surface area contributed by atoms with Gasteiger partial charge in [0.2, 0.25) is 0 Å². The summed E-state index contributed by atoms with van der Waals surface area (Å²) < 4.78 is 0.510. The van der Waals surface area contributed by atoms with Gasteiger partial charge in [0.25, 0.3) is 5.69 Å². The van der Waals surface area contributed by atoms with E-state index in [-0.39, 0.29) is 11.5 Å². The number of nitro groups is 1. The average molecular weight is 306 g/mol. The maximum atomic E-state index is 12.1. The van der Waals surface area contributed by atoms with E-state index in [1.807, 2.05) is 0 Å². The van der Waals surface area contributed by atoms with Crippen LogP contribution in [0.15, 0.2) is 53.0 Å². The van der Waals surface area contributed by atoms with E-state index < -0.39 is 4.92 Å². The van der Waals surface area contributed by atoms with Gasteiger partial charge in [-0.05, 0) is 6.07 Å². The first-order chi connectivity index (χ1) is 8.58. The molecule has 0 heterocycles. The zero-order chi connectivity index (χ0) is 13.1. The van der Waals surface area contributed by atoms with Crippen molar-refractivity contribution in [1.82, 2.24) is 0 Å². The van der Waals surface area contributed by atoms with Gasteiger partial charge in [-0.2, -0.15) is 0 Å². The largest absolute Gasteiger partial charge is 0.289 e. The van der Waals surface area contributed by atoms with Gasteiger partial charge in [-0.25, -0.2) is 0 Å². The molecule has 0 amide bonds. The van der Waals surface area contributed by atoms with E-state index in [9.17, 15) is 14.9 Å². The van der Waals surface area contributed by atoms with E-state index in [2.05, 4.69) is 15.9 Å². The Morgan fingerprint density at radius 3 is 2.33 bits per heavy atom. The van der Waals surface area contributed by atoms with Crippen molar-refractivity contribution in [3.63, 3.8) is 0 Å². The van der Waals surface area contributed by atoms with Gasteiger partial charge in [-0.1, -0.05) is 46.3 Å². The topological polar surface area (TPSA) is 60.2 Å². The normalized spacial score (nSPS) is 10.1. The molecule has 90 valence electrons. The molecule has 0 atom stereocenters. The Labute approximate surface area is 112 Å². The Morgan fingerprint density at radius 2 is 1.72 bits per heavy atom. The fourth-order valence-electron chi connectivity index (χ4n) is 1.57. The van der Waals surface area contributed by atoms with Crippen LogP contribution in [0.4, 0.5) is 5.69 Å². The predicted molar refractivity (Wildman–Crippen MR) is 70.7 cm³/mol. The smallest absolute Gasteiger partial charge is 0.271 e. The number of ketones is 1. The van der Waals surface area contributed by atoms with Crippen LogP contribution >= 0.6 is 15.9 Å². The zero-order valence-corrected chi connectivity index (χ0v) is 10.8. The van der Waals surface area contributed by atoms with Crippen LogP contribution in [-0.4, -0.2) is 10.7 Å². The molecule has 0 aromatic heterocycles. The summed E-state index contributed by atoms with van der Waals surface area (Å²) in [4.78, 5) is 22.3. The molecule has 0 aliphatic carbocycles. The second kappa shape index (κ2) is 5.10. The van der Waals surface area contributed by atoms with Crippen LogP contribution in [0.3, 0.4) is 0 Å². The highest BCUT2D eigenvalue weighted by Crippen LogP contribution is 2.23. The lowest BCUT2D eigenvalue weighted by Gasteiger charge is -2.02. The molecule has 2 rings (SSSR count). The van der Waals surface area contributed by atoms with E-state index in [4.69, 9.17) is 0 Å². The third-order valence-electron chi connectivity index (χ3n) is 2.39. The van der Waals surface area contributed by atoms with Crippen LogP contribution in [0.2, 0.25) is 0 Å². The summed E-state index contributed by atoms with van der Waals surface area (Å²) in [5.41, 5.74) is 0.691. The first-order valence-corrected chi connectivity index (χ1v) is 5.92. The van der Waals surface area contributed by atoms with Gasteiger partial charge in [0.1, 0.15) is 0 Å². The van der Waals surface area contributed by atoms with Gasteiger partial charge in [0.05, 0.1) is 4.92 Å². The lowest BCUT2D eigenvalue weighted by Crippen LogP contribution is -2.02. The highest BCUT2D eigenvalue weighted by molar-refractivity contribution is 9.10. The van der Waals surface area contributed by atoms with E-state index in [0.717, 1.165) is 0 Å². The minimum absolute atomic E-state index is 0.108. The van der Waals surface area contributed by atoms with E-state index >= 15 is 0 Å². The standard InChI is InChI=1S/C13H8BrNO3/c14-11-6-10(7-12(8-11)15(17)18)13(16)9-4-2-1-3-5-9/h1-8H. The second-order valence-corrected chi connectivity index (χ2v) is 4.57. The molecule has 0 aliphatic heterocycles. The SMILES string of the molecule is O=C(c1ccccc1)c1cc(Br)cc([N+](=O)[O-])c1. The van der Waals surface area contributed by atoms with Crippen molar-refractivity contribution < 1.29 is 9.72 Å². The summed E-state index contributed by atoms with van der Waals surface area (Å²) >= 11 is 3.17. The second-order valence-electron chi connectivity index (χ2n) is 3.65. The van der Waals surface area contributed by atoms with E-state index in [1.54, 1.807) is 36.4 Å². The predicted octanol–water partition coefficient (Wildman–Crippen LogP) is 3.59. The number of halogens is 1. The number of benzene rings is 2. The highest BCUT2D eigenvalue weighted by Gasteiger charge is 2.14. The van der Waals surface area contributed by atoms with Crippen LogP contribution in [-0.2, 0) is 0 Å². The van der Waals surface area contributed by atoms with E-state index in [0.29, 0.717) is 15.6 Å². The fraction of sp³-hybridized carbons (Fsp3) is 0. The molecule has 0 saturated carbocycles. The van der Waals surface area contributed by atoms with Crippen LogP contribution in [0.25, 0.3) is 0 Å². The van der Waals surface area contributed by atoms with Crippen LogP contribution in [0, 0.1) is 10.1 Å². The Bertz CT molecular complexity index is 611. The van der Waals surface area contributed by atoms with Crippen molar-refractivity contribution in [3.05, 3.63) is 74.2 Å². The molecule has 18 heavy (non-hydrogen) atoms. The van der Waals surface area contributed by atoms with Gasteiger partial charge in [0.15, 0.2) is 5.78 Å². The molecule has 0 unspecified atom stereocenters. The minimum Gasteiger partial charge on any atom is -0.289 e. The number of hydrogen-bond acceptors (Lipinski definition) is 3. The Hall–Kier alpha value is -2.01. The molecule has 0 fully saturated rings. The molecule has 0 N–H and O–H groups in total. The molecular weight excluding hydrogens is 298 g/mol. The van der Waals surface area contributed by atoms with Crippen molar-refractivity contribution >= 4 is 27.4 Å². The van der Waals surface area contributed by atoms with Gasteiger partial charge >= 0.3 is 0 Å². The quantitative estimate of drug-likeness (QED) is 0.494. The molecule has 5 heteroatoms. The van der Waals surface area contributed by atoms with Crippen molar-refractivity contribution in [2.45, 2.75) is 0 Å². The molecule has 0 aliphatic rings.